The first-order chi connectivity index (χ1) is 12.3. The molecule has 1 heterocycles. The van der Waals surface area contributed by atoms with Crippen LogP contribution in [0.2, 0.25) is 0 Å². The maximum atomic E-state index is 12.4. The molecule has 0 saturated carbocycles. The highest BCUT2D eigenvalue weighted by atomic mass is 32.2. The Bertz CT molecular complexity index is 774. The number of sulfonamides is 1. The van der Waals surface area contributed by atoms with E-state index in [9.17, 15) is 8.42 Å². The van der Waals surface area contributed by atoms with Crippen LogP contribution in [0.1, 0.15) is 59.6 Å². The van der Waals surface area contributed by atoms with Gasteiger partial charge in [-0.15, -0.1) is 0 Å². The smallest absolute Gasteiger partial charge is 0.399 e. The van der Waals surface area contributed by atoms with Crippen LogP contribution in [-0.4, -0.2) is 33.3 Å². The Hall–Kier alpha value is -0.925. The first-order valence-corrected chi connectivity index (χ1v) is 10.9. The van der Waals surface area contributed by atoms with Crippen molar-refractivity contribution in [1.29, 1.82) is 0 Å². The molecular formula is C19H32BNO5S. The lowest BCUT2D eigenvalue weighted by Crippen LogP contribution is -2.41. The summed E-state index contributed by atoms with van der Waals surface area (Å²) in [4.78, 5) is 0.0449. The van der Waals surface area contributed by atoms with Crippen molar-refractivity contribution in [3.63, 3.8) is 0 Å². The molecule has 0 spiro atoms. The van der Waals surface area contributed by atoms with Gasteiger partial charge in [0.1, 0.15) is 0 Å². The van der Waals surface area contributed by atoms with Gasteiger partial charge in [-0.1, -0.05) is 26.8 Å². The highest BCUT2D eigenvalue weighted by Gasteiger charge is 2.53. The second-order valence-electron chi connectivity index (χ2n) is 8.56. The van der Waals surface area contributed by atoms with E-state index in [0.29, 0.717) is 31.0 Å². The zero-order chi connectivity index (χ0) is 20.6. The first kappa shape index (κ1) is 22.4. The van der Waals surface area contributed by atoms with Crippen LogP contribution in [0.3, 0.4) is 0 Å². The molecule has 2 rings (SSSR count). The molecule has 6 nitrogen and oxygen atoms in total. The van der Waals surface area contributed by atoms with Crippen molar-refractivity contribution in [2.24, 2.45) is 11.1 Å². The second kappa shape index (κ2) is 7.83. The molecule has 0 bridgehead atoms. The number of rotatable bonds is 7. The summed E-state index contributed by atoms with van der Waals surface area (Å²) in [5, 5.41) is 5.55. The van der Waals surface area contributed by atoms with Crippen molar-refractivity contribution >= 4 is 22.6 Å². The zero-order valence-corrected chi connectivity index (χ0v) is 18.3. The van der Waals surface area contributed by atoms with Crippen molar-refractivity contribution in [2.75, 3.05) is 6.61 Å². The fraction of sp³-hybridized carbons (Fsp3) is 0.684. The molecule has 1 aromatic rings. The molecule has 0 amide bonds. The maximum Gasteiger partial charge on any atom is 0.496 e. The van der Waals surface area contributed by atoms with Crippen LogP contribution in [0.5, 0.6) is 0 Å². The summed E-state index contributed by atoms with van der Waals surface area (Å²) in [5.41, 5.74) is 0.959. The van der Waals surface area contributed by atoms with Crippen LogP contribution in [0.25, 0.3) is 0 Å². The van der Waals surface area contributed by atoms with Crippen molar-refractivity contribution < 1.29 is 22.5 Å². The Morgan fingerprint density at radius 2 is 1.70 bits per heavy atom. The maximum absolute atomic E-state index is 12.4. The van der Waals surface area contributed by atoms with Gasteiger partial charge in [-0.2, -0.15) is 0 Å². The monoisotopic (exact) mass is 397 g/mol. The van der Waals surface area contributed by atoms with Crippen molar-refractivity contribution in [1.82, 2.24) is 0 Å². The minimum absolute atomic E-state index is 0.0449. The van der Waals surface area contributed by atoms with Gasteiger partial charge >= 0.3 is 7.12 Å². The number of aryl methyl sites for hydroxylation is 1. The quantitative estimate of drug-likeness (QED) is 0.714. The van der Waals surface area contributed by atoms with E-state index in [2.05, 4.69) is 13.8 Å². The molecule has 1 saturated heterocycles. The summed E-state index contributed by atoms with van der Waals surface area (Å²) in [6, 6.07) is 3.53. The van der Waals surface area contributed by atoms with E-state index >= 15 is 0 Å². The van der Waals surface area contributed by atoms with Gasteiger partial charge in [-0.05, 0) is 57.2 Å². The standard InChI is InChI=1S/C19H32BNO5S/c1-8-15-9-14(12-24-11-13(2)3)10-16(27(21,22)23)17(15)20-25-18(4,5)19(6,7)26-20/h9-10,13H,8,11-12H2,1-7H3,(H2,21,22,23). The molecule has 1 aliphatic rings. The second-order valence-corrected chi connectivity index (χ2v) is 10.1. The largest absolute Gasteiger partial charge is 0.496 e. The molecule has 152 valence electrons. The third kappa shape index (κ3) is 4.92. The summed E-state index contributed by atoms with van der Waals surface area (Å²) in [6.45, 7) is 14.8. The topological polar surface area (TPSA) is 87.9 Å². The van der Waals surface area contributed by atoms with Crippen LogP contribution < -0.4 is 10.6 Å². The van der Waals surface area contributed by atoms with E-state index in [-0.39, 0.29) is 4.90 Å². The third-order valence-electron chi connectivity index (χ3n) is 5.18. The van der Waals surface area contributed by atoms with Gasteiger partial charge in [0, 0.05) is 12.1 Å². The van der Waals surface area contributed by atoms with Crippen molar-refractivity contribution in [2.45, 2.75) is 77.6 Å². The lowest BCUT2D eigenvalue weighted by molar-refractivity contribution is 0.00578. The van der Waals surface area contributed by atoms with Crippen LogP contribution in [0, 0.1) is 5.92 Å². The van der Waals surface area contributed by atoms with E-state index in [1.807, 2.05) is 40.7 Å². The zero-order valence-electron chi connectivity index (χ0n) is 17.5. The molecule has 1 aromatic carbocycles. The number of benzene rings is 1. The number of primary sulfonamides is 1. The number of ether oxygens (including phenoxy) is 1. The van der Waals surface area contributed by atoms with Gasteiger partial charge in [0.05, 0.1) is 22.7 Å². The lowest BCUT2D eigenvalue weighted by atomic mass is 9.74. The number of nitrogens with two attached hydrogens (primary N) is 1. The predicted octanol–water partition coefficient (Wildman–Crippen LogP) is 2.37. The highest BCUT2D eigenvalue weighted by molar-refractivity contribution is 7.89. The van der Waals surface area contributed by atoms with Gasteiger partial charge in [-0.25, -0.2) is 13.6 Å². The summed E-state index contributed by atoms with van der Waals surface area (Å²) >= 11 is 0. The Balaban J connectivity index is 2.50. The minimum Gasteiger partial charge on any atom is -0.399 e. The molecule has 27 heavy (non-hydrogen) atoms. The summed E-state index contributed by atoms with van der Waals surface area (Å²) in [5.74, 6) is 0.400. The fourth-order valence-electron chi connectivity index (χ4n) is 3.00. The molecule has 0 unspecified atom stereocenters. The van der Waals surface area contributed by atoms with E-state index in [1.54, 1.807) is 6.07 Å². The van der Waals surface area contributed by atoms with Crippen molar-refractivity contribution in [3.8, 4) is 0 Å². The minimum atomic E-state index is -3.96. The number of hydrogen-bond donors (Lipinski definition) is 1. The molecule has 8 heteroatoms. The van der Waals surface area contributed by atoms with Crippen LogP contribution in [0.4, 0.5) is 0 Å². The molecular weight excluding hydrogens is 365 g/mol. The van der Waals surface area contributed by atoms with Gasteiger partial charge in [0.2, 0.25) is 10.0 Å². The fourth-order valence-corrected chi connectivity index (χ4v) is 3.85. The molecule has 1 fully saturated rings. The van der Waals surface area contributed by atoms with Crippen LogP contribution >= 0.6 is 0 Å². The molecule has 0 aliphatic carbocycles. The lowest BCUT2D eigenvalue weighted by Gasteiger charge is -2.32. The SMILES string of the molecule is CCc1cc(COCC(C)C)cc(S(N)(=O)=O)c1B1OC(C)(C)C(C)(C)O1. The Kier molecular flexibility index (Phi) is 6.49. The normalized spacial score (nSPS) is 19.1. The molecule has 2 N–H and O–H groups in total. The van der Waals surface area contributed by atoms with Gasteiger partial charge in [0.15, 0.2) is 0 Å². The van der Waals surface area contributed by atoms with Gasteiger partial charge in [-0.3, -0.25) is 0 Å². The average Bonchev–Trinajstić information content (AvgIpc) is 2.73. The Labute approximate surface area is 164 Å². The highest BCUT2D eigenvalue weighted by Crippen LogP contribution is 2.37. The van der Waals surface area contributed by atoms with E-state index < -0.39 is 28.3 Å². The summed E-state index contributed by atoms with van der Waals surface area (Å²) in [6.07, 6.45) is 0.625. The Morgan fingerprint density at radius 3 is 2.15 bits per heavy atom. The molecule has 0 atom stereocenters. The van der Waals surface area contributed by atoms with E-state index in [1.165, 1.54) is 0 Å². The molecule has 0 aromatic heterocycles. The third-order valence-corrected chi connectivity index (χ3v) is 6.13. The number of hydrogen-bond acceptors (Lipinski definition) is 5. The van der Waals surface area contributed by atoms with Crippen molar-refractivity contribution in [3.05, 3.63) is 23.3 Å². The van der Waals surface area contributed by atoms with E-state index in [4.69, 9.17) is 19.2 Å². The van der Waals surface area contributed by atoms with Crippen LogP contribution in [-0.2, 0) is 37.1 Å². The van der Waals surface area contributed by atoms with Gasteiger partial charge in [0.25, 0.3) is 0 Å². The first-order valence-electron chi connectivity index (χ1n) is 9.40. The summed E-state index contributed by atoms with van der Waals surface area (Å²) in [7, 11) is -4.75. The van der Waals surface area contributed by atoms with Crippen LogP contribution in [0.15, 0.2) is 17.0 Å². The Morgan fingerprint density at radius 1 is 1.15 bits per heavy atom. The molecule has 1 aliphatic heterocycles. The summed E-state index contributed by atoms with van der Waals surface area (Å²) < 4.78 is 42.6. The molecule has 0 radical (unpaired) electrons. The average molecular weight is 397 g/mol. The van der Waals surface area contributed by atoms with E-state index in [0.717, 1.165) is 11.1 Å². The van der Waals surface area contributed by atoms with Gasteiger partial charge < -0.3 is 14.0 Å². The predicted molar refractivity (Wildman–Crippen MR) is 107 cm³/mol.